The molecule has 0 saturated carbocycles. The number of unbranched alkanes of at least 4 members (excludes halogenated alkanes) is 27. The van der Waals surface area contributed by atoms with Gasteiger partial charge in [0.05, 0.1) is 25.4 Å². The van der Waals surface area contributed by atoms with E-state index in [-0.39, 0.29) is 12.5 Å². The van der Waals surface area contributed by atoms with Crippen molar-refractivity contribution in [3.05, 3.63) is 24.3 Å². The standard InChI is InChI=1S/C49H93NO8/c1-3-5-7-9-11-13-15-17-18-19-20-21-22-23-24-25-26-27-29-31-33-35-37-39-45(53)50-42(41-57-49-48(56)47(55)46(54)44(40-51)58-49)43(52)38-36-34-32-30-28-16-14-12-10-8-6-4-2/h17-18,28,30,42-44,46-49,51-52,54-56H,3-16,19-27,29,31-41H2,1-2H3,(H,50,53)/b18-17+,30-28+/t42-,43+,44-,46-,47?,48?,49-/m0/s1. The fraction of sp³-hybridized carbons (Fsp3) is 0.898. The topological polar surface area (TPSA) is 149 Å². The summed E-state index contributed by atoms with van der Waals surface area (Å²) in [5.41, 5.74) is 0. The Hall–Kier alpha value is -1.33. The lowest BCUT2D eigenvalue weighted by Gasteiger charge is -2.40. The Bertz CT molecular complexity index is 961. The number of nitrogens with one attached hydrogen (secondary N) is 1. The molecule has 58 heavy (non-hydrogen) atoms. The number of allylic oxidation sites excluding steroid dienone is 4. The zero-order valence-corrected chi connectivity index (χ0v) is 37.6. The summed E-state index contributed by atoms with van der Waals surface area (Å²) in [7, 11) is 0. The monoisotopic (exact) mass is 824 g/mol. The SMILES string of the molecule is CCCCCCCC/C=C/CCCCCCCCCCCCCCCC(=O)N[C@@H](CO[C@H]1O[C@@H](CO)[C@H](O)C(O)C1O)[C@H](O)CCCC/C=C/CCCCCCCC. The van der Waals surface area contributed by atoms with Gasteiger partial charge in [-0.1, -0.05) is 179 Å². The van der Waals surface area contributed by atoms with Crippen LogP contribution in [0, 0.1) is 0 Å². The summed E-state index contributed by atoms with van der Waals surface area (Å²) < 4.78 is 11.2. The minimum atomic E-state index is -1.56. The fourth-order valence-electron chi connectivity index (χ4n) is 7.80. The second kappa shape index (κ2) is 39.8. The van der Waals surface area contributed by atoms with Crippen LogP contribution in [0.2, 0.25) is 0 Å². The van der Waals surface area contributed by atoms with Crippen molar-refractivity contribution < 1.29 is 39.8 Å². The number of hydrogen-bond acceptors (Lipinski definition) is 8. The number of carbonyl (C=O) groups is 1. The van der Waals surface area contributed by atoms with Crippen LogP contribution >= 0.6 is 0 Å². The minimum absolute atomic E-state index is 0.148. The molecule has 0 aliphatic carbocycles. The summed E-state index contributed by atoms with van der Waals surface area (Å²) in [5, 5.41) is 54.3. The van der Waals surface area contributed by atoms with Gasteiger partial charge < -0.3 is 40.3 Å². The third-order valence-corrected chi connectivity index (χ3v) is 11.8. The minimum Gasteiger partial charge on any atom is -0.394 e. The molecule has 1 amide bonds. The maximum Gasteiger partial charge on any atom is 0.220 e. The molecule has 0 bridgehead atoms. The van der Waals surface area contributed by atoms with Gasteiger partial charge in [0.15, 0.2) is 6.29 Å². The Balaban J connectivity index is 2.24. The van der Waals surface area contributed by atoms with E-state index in [0.717, 1.165) is 44.9 Å². The Labute approximate surface area is 356 Å². The first-order valence-corrected chi connectivity index (χ1v) is 24.5. The number of rotatable bonds is 41. The number of carbonyl (C=O) groups excluding carboxylic acids is 1. The molecule has 0 spiro atoms. The molecule has 1 aliphatic rings. The van der Waals surface area contributed by atoms with E-state index in [4.69, 9.17) is 9.47 Å². The molecule has 0 aromatic carbocycles. The molecule has 9 heteroatoms. The van der Waals surface area contributed by atoms with E-state index >= 15 is 0 Å². The summed E-state index contributed by atoms with van der Waals surface area (Å²) in [6.07, 6.45) is 40.5. The van der Waals surface area contributed by atoms with Crippen LogP contribution in [0.15, 0.2) is 24.3 Å². The molecule has 1 aliphatic heterocycles. The summed E-state index contributed by atoms with van der Waals surface area (Å²) in [5.74, 6) is -0.154. The van der Waals surface area contributed by atoms with Crippen LogP contribution in [0.5, 0.6) is 0 Å². The molecular formula is C49H93NO8. The largest absolute Gasteiger partial charge is 0.394 e. The van der Waals surface area contributed by atoms with E-state index in [0.29, 0.717) is 12.8 Å². The summed E-state index contributed by atoms with van der Waals surface area (Å²) >= 11 is 0. The Kier molecular flexibility index (Phi) is 37.5. The van der Waals surface area contributed by atoms with Gasteiger partial charge in [-0.2, -0.15) is 0 Å². The Morgan fingerprint density at radius 3 is 1.40 bits per heavy atom. The molecule has 0 aromatic heterocycles. The highest BCUT2D eigenvalue weighted by molar-refractivity contribution is 5.76. The number of aliphatic hydroxyl groups is 5. The average molecular weight is 824 g/mol. The van der Waals surface area contributed by atoms with Gasteiger partial charge >= 0.3 is 0 Å². The van der Waals surface area contributed by atoms with E-state index in [9.17, 15) is 30.3 Å². The highest BCUT2D eigenvalue weighted by Crippen LogP contribution is 2.23. The molecule has 9 nitrogen and oxygen atoms in total. The van der Waals surface area contributed by atoms with Crippen molar-refractivity contribution in [2.45, 2.75) is 269 Å². The average Bonchev–Trinajstić information content (AvgIpc) is 3.22. The smallest absolute Gasteiger partial charge is 0.220 e. The zero-order chi connectivity index (χ0) is 42.3. The van der Waals surface area contributed by atoms with Gasteiger partial charge in [0.1, 0.15) is 24.4 Å². The molecule has 342 valence electrons. The second-order valence-electron chi connectivity index (χ2n) is 17.2. The first kappa shape index (κ1) is 54.7. The highest BCUT2D eigenvalue weighted by Gasteiger charge is 2.44. The van der Waals surface area contributed by atoms with Gasteiger partial charge in [-0.05, 0) is 64.2 Å². The van der Waals surface area contributed by atoms with E-state index < -0.39 is 49.5 Å². The molecule has 1 heterocycles. The van der Waals surface area contributed by atoms with Crippen molar-refractivity contribution in [2.24, 2.45) is 0 Å². The molecule has 1 rings (SSSR count). The number of ether oxygens (including phenoxy) is 2. The van der Waals surface area contributed by atoms with Gasteiger partial charge in [-0.25, -0.2) is 0 Å². The Morgan fingerprint density at radius 1 is 0.569 bits per heavy atom. The van der Waals surface area contributed by atoms with Crippen LogP contribution in [0.25, 0.3) is 0 Å². The van der Waals surface area contributed by atoms with Crippen LogP contribution in [-0.2, 0) is 14.3 Å². The van der Waals surface area contributed by atoms with Crippen molar-refractivity contribution in [1.29, 1.82) is 0 Å². The van der Waals surface area contributed by atoms with Gasteiger partial charge in [-0.3, -0.25) is 4.79 Å². The predicted molar refractivity (Wildman–Crippen MR) is 240 cm³/mol. The molecule has 1 saturated heterocycles. The molecule has 7 atom stereocenters. The number of hydrogen-bond donors (Lipinski definition) is 6. The van der Waals surface area contributed by atoms with E-state index in [1.807, 2.05) is 0 Å². The van der Waals surface area contributed by atoms with Crippen LogP contribution < -0.4 is 5.32 Å². The third-order valence-electron chi connectivity index (χ3n) is 11.8. The van der Waals surface area contributed by atoms with Crippen molar-refractivity contribution in [3.8, 4) is 0 Å². The van der Waals surface area contributed by atoms with Crippen molar-refractivity contribution in [1.82, 2.24) is 5.32 Å². The molecule has 2 unspecified atom stereocenters. The lowest BCUT2D eigenvalue weighted by molar-refractivity contribution is -0.302. The van der Waals surface area contributed by atoms with Crippen LogP contribution in [-0.4, -0.2) is 87.5 Å². The summed E-state index contributed by atoms with van der Waals surface area (Å²) in [6, 6.07) is -0.732. The predicted octanol–water partition coefficient (Wildman–Crippen LogP) is 10.7. The van der Waals surface area contributed by atoms with E-state index in [2.05, 4.69) is 43.5 Å². The van der Waals surface area contributed by atoms with Gasteiger partial charge in [-0.15, -0.1) is 0 Å². The van der Waals surface area contributed by atoms with E-state index in [1.165, 1.54) is 154 Å². The van der Waals surface area contributed by atoms with Crippen molar-refractivity contribution >= 4 is 5.91 Å². The van der Waals surface area contributed by atoms with Crippen molar-refractivity contribution in [3.63, 3.8) is 0 Å². The first-order chi connectivity index (χ1) is 28.3. The quantitative estimate of drug-likeness (QED) is 0.0264. The molecule has 0 aromatic rings. The molecule has 0 radical (unpaired) electrons. The van der Waals surface area contributed by atoms with Gasteiger partial charge in [0.25, 0.3) is 0 Å². The summed E-state index contributed by atoms with van der Waals surface area (Å²) in [4.78, 5) is 13.0. The molecular weight excluding hydrogens is 731 g/mol. The maximum atomic E-state index is 13.0. The third kappa shape index (κ3) is 29.8. The fourth-order valence-corrected chi connectivity index (χ4v) is 7.80. The highest BCUT2D eigenvalue weighted by atomic mass is 16.7. The second-order valence-corrected chi connectivity index (χ2v) is 17.2. The molecule has 1 fully saturated rings. The summed E-state index contributed by atoms with van der Waals surface area (Å²) in [6.45, 7) is 3.81. The lowest BCUT2D eigenvalue weighted by Crippen LogP contribution is -2.60. The lowest BCUT2D eigenvalue weighted by atomic mass is 9.99. The first-order valence-electron chi connectivity index (χ1n) is 24.5. The Morgan fingerprint density at radius 2 is 0.966 bits per heavy atom. The zero-order valence-electron chi connectivity index (χ0n) is 37.6. The van der Waals surface area contributed by atoms with Crippen LogP contribution in [0.1, 0.15) is 226 Å². The van der Waals surface area contributed by atoms with Crippen LogP contribution in [0.4, 0.5) is 0 Å². The van der Waals surface area contributed by atoms with E-state index in [1.54, 1.807) is 0 Å². The van der Waals surface area contributed by atoms with Gasteiger partial charge in [0, 0.05) is 6.42 Å². The number of aliphatic hydroxyl groups excluding tert-OH is 5. The van der Waals surface area contributed by atoms with Crippen molar-refractivity contribution in [2.75, 3.05) is 13.2 Å². The van der Waals surface area contributed by atoms with Gasteiger partial charge in [0.2, 0.25) is 5.91 Å². The number of amides is 1. The maximum absolute atomic E-state index is 13.0. The molecule has 6 N–H and O–H groups in total. The van der Waals surface area contributed by atoms with Crippen LogP contribution in [0.3, 0.4) is 0 Å². The normalized spacial score (nSPS) is 21.0.